The van der Waals surface area contributed by atoms with Crippen LogP contribution in [0.3, 0.4) is 0 Å². The molecule has 0 unspecified atom stereocenters. The zero-order valence-corrected chi connectivity index (χ0v) is 11.8. The maximum Gasteiger partial charge on any atom is 0.126 e. The van der Waals surface area contributed by atoms with Gasteiger partial charge in [-0.15, -0.1) is 0 Å². The zero-order valence-electron chi connectivity index (χ0n) is 10.3. The maximum atomic E-state index is 13.4. The Morgan fingerprint density at radius 3 is 2.32 bits per heavy atom. The summed E-state index contributed by atoms with van der Waals surface area (Å²) in [6.07, 6.45) is 0.634. The van der Waals surface area contributed by atoms with Gasteiger partial charge >= 0.3 is 0 Å². The van der Waals surface area contributed by atoms with Gasteiger partial charge in [-0.05, 0) is 36.7 Å². The summed E-state index contributed by atoms with van der Waals surface area (Å²) in [7, 11) is 0. The zero-order chi connectivity index (χ0) is 13.7. The van der Waals surface area contributed by atoms with E-state index >= 15 is 0 Å². The van der Waals surface area contributed by atoms with E-state index in [0.717, 1.165) is 5.56 Å². The van der Waals surface area contributed by atoms with Gasteiger partial charge in [0.1, 0.15) is 5.82 Å². The monoisotopic (exact) mass is 297 g/mol. The van der Waals surface area contributed by atoms with Crippen molar-refractivity contribution in [3.63, 3.8) is 0 Å². The minimum atomic E-state index is -0.167. The predicted octanol–water partition coefficient (Wildman–Crippen LogP) is 4.46. The van der Waals surface area contributed by atoms with Gasteiger partial charge in [-0.2, -0.15) is 0 Å². The maximum absolute atomic E-state index is 13.4. The van der Waals surface area contributed by atoms with Crippen molar-refractivity contribution in [2.24, 2.45) is 0 Å². The lowest BCUT2D eigenvalue weighted by atomic mass is 10.1. The van der Waals surface area contributed by atoms with Gasteiger partial charge in [-0.1, -0.05) is 47.5 Å². The first-order chi connectivity index (χ1) is 9.18. The van der Waals surface area contributed by atoms with E-state index in [4.69, 9.17) is 23.2 Å². The number of halogens is 3. The fourth-order valence-corrected chi connectivity index (χ4v) is 2.37. The van der Waals surface area contributed by atoms with Crippen LogP contribution < -0.4 is 5.32 Å². The number of hydrogen-bond acceptors (Lipinski definition) is 1. The molecule has 0 aliphatic rings. The van der Waals surface area contributed by atoms with Gasteiger partial charge < -0.3 is 5.32 Å². The average Bonchev–Trinajstić information content (AvgIpc) is 2.39. The fourth-order valence-electron chi connectivity index (χ4n) is 1.84. The number of benzene rings is 2. The summed E-state index contributed by atoms with van der Waals surface area (Å²) in [5.41, 5.74) is 1.58. The molecule has 2 rings (SSSR count). The van der Waals surface area contributed by atoms with Crippen molar-refractivity contribution in [1.29, 1.82) is 0 Å². The predicted molar refractivity (Wildman–Crippen MR) is 78.3 cm³/mol. The Morgan fingerprint density at radius 2 is 1.63 bits per heavy atom. The van der Waals surface area contributed by atoms with Gasteiger partial charge in [-0.3, -0.25) is 0 Å². The molecule has 100 valence electrons. The van der Waals surface area contributed by atoms with Crippen molar-refractivity contribution in [1.82, 2.24) is 5.32 Å². The van der Waals surface area contributed by atoms with Gasteiger partial charge in [0.2, 0.25) is 0 Å². The normalized spacial score (nSPS) is 10.7. The summed E-state index contributed by atoms with van der Waals surface area (Å²) in [4.78, 5) is 0. The largest absolute Gasteiger partial charge is 0.312 e. The Hall–Kier alpha value is -1.09. The molecular formula is C15H14Cl2FN. The highest BCUT2D eigenvalue weighted by atomic mass is 35.5. The molecule has 2 aromatic rings. The second-order valence-corrected chi connectivity index (χ2v) is 5.03. The highest BCUT2D eigenvalue weighted by Gasteiger charge is 2.05. The van der Waals surface area contributed by atoms with E-state index in [2.05, 4.69) is 5.32 Å². The standard InChI is InChI=1S/C15H14Cl2FN/c16-13-5-3-6-14(17)12(13)10-19-9-8-11-4-1-2-7-15(11)18/h1-7,19H,8-10H2. The van der Waals surface area contributed by atoms with Crippen LogP contribution >= 0.6 is 23.2 Å². The van der Waals surface area contributed by atoms with Crippen molar-refractivity contribution in [2.45, 2.75) is 13.0 Å². The Morgan fingerprint density at radius 1 is 0.947 bits per heavy atom. The first kappa shape index (κ1) is 14.3. The molecule has 0 aliphatic heterocycles. The molecule has 4 heteroatoms. The van der Waals surface area contributed by atoms with Crippen LogP contribution in [0.4, 0.5) is 4.39 Å². The second-order valence-electron chi connectivity index (χ2n) is 4.22. The van der Waals surface area contributed by atoms with E-state index in [0.29, 0.717) is 35.1 Å². The molecule has 1 nitrogen and oxygen atoms in total. The molecule has 0 radical (unpaired) electrons. The van der Waals surface area contributed by atoms with Crippen LogP contribution in [0, 0.1) is 5.82 Å². The van der Waals surface area contributed by atoms with Gasteiger partial charge in [-0.25, -0.2) is 4.39 Å². The third-order valence-corrected chi connectivity index (χ3v) is 3.60. The molecule has 19 heavy (non-hydrogen) atoms. The van der Waals surface area contributed by atoms with Crippen molar-refractivity contribution < 1.29 is 4.39 Å². The van der Waals surface area contributed by atoms with Crippen LogP contribution in [0.5, 0.6) is 0 Å². The molecule has 0 aliphatic carbocycles. The lowest BCUT2D eigenvalue weighted by Gasteiger charge is -2.09. The summed E-state index contributed by atoms with van der Waals surface area (Å²) in [5.74, 6) is -0.167. The molecule has 0 heterocycles. The minimum Gasteiger partial charge on any atom is -0.312 e. The van der Waals surface area contributed by atoms with Crippen molar-refractivity contribution >= 4 is 23.2 Å². The quantitative estimate of drug-likeness (QED) is 0.803. The van der Waals surface area contributed by atoms with E-state index in [9.17, 15) is 4.39 Å². The lowest BCUT2D eigenvalue weighted by Crippen LogP contribution is -2.17. The second kappa shape index (κ2) is 6.90. The third kappa shape index (κ3) is 3.93. The van der Waals surface area contributed by atoms with E-state index in [1.807, 2.05) is 12.1 Å². The number of rotatable bonds is 5. The van der Waals surface area contributed by atoms with Crippen LogP contribution in [-0.4, -0.2) is 6.54 Å². The summed E-state index contributed by atoms with van der Waals surface area (Å²) >= 11 is 12.1. The molecule has 0 atom stereocenters. The first-order valence-electron chi connectivity index (χ1n) is 6.05. The highest BCUT2D eigenvalue weighted by Crippen LogP contribution is 2.23. The van der Waals surface area contributed by atoms with E-state index in [-0.39, 0.29) is 5.82 Å². The van der Waals surface area contributed by atoms with Crippen LogP contribution in [-0.2, 0) is 13.0 Å². The Bertz CT molecular complexity index is 537. The average molecular weight is 298 g/mol. The topological polar surface area (TPSA) is 12.0 Å². The molecular weight excluding hydrogens is 284 g/mol. The molecule has 0 fully saturated rings. The van der Waals surface area contributed by atoms with E-state index in [1.165, 1.54) is 6.07 Å². The SMILES string of the molecule is Fc1ccccc1CCNCc1c(Cl)cccc1Cl. The van der Waals surface area contributed by atoms with Crippen LogP contribution in [0.1, 0.15) is 11.1 Å². The smallest absolute Gasteiger partial charge is 0.126 e. The van der Waals surface area contributed by atoms with Crippen molar-refractivity contribution in [3.8, 4) is 0 Å². The summed E-state index contributed by atoms with van der Waals surface area (Å²) in [6, 6.07) is 12.2. The molecule has 0 amide bonds. The van der Waals surface area contributed by atoms with Gasteiger partial charge in [0, 0.05) is 22.2 Å². The number of nitrogens with one attached hydrogen (secondary N) is 1. The Kier molecular flexibility index (Phi) is 5.20. The van der Waals surface area contributed by atoms with E-state index < -0.39 is 0 Å². The van der Waals surface area contributed by atoms with Crippen LogP contribution in [0.15, 0.2) is 42.5 Å². The molecule has 0 saturated carbocycles. The van der Waals surface area contributed by atoms with Gasteiger partial charge in [0.05, 0.1) is 0 Å². The lowest BCUT2D eigenvalue weighted by molar-refractivity contribution is 0.598. The summed E-state index contributed by atoms with van der Waals surface area (Å²) in [5, 5.41) is 4.51. The molecule has 0 saturated heterocycles. The van der Waals surface area contributed by atoms with Crippen LogP contribution in [0.25, 0.3) is 0 Å². The fraction of sp³-hybridized carbons (Fsp3) is 0.200. The Balaban J connectivity index is 1.86. The summed E-state index contributed by atoms with van der Waals surface area (Å²) in [6.45, 7) is 1.25. The van der Waals surface area contributed by atoms with E-state index in [1.54, 1.807) is 24.3 Å². The van der Waals surface area contributed by atoms with Crippen LogP contribution in [0.2, 0.25) is 10.0 Å². The highest BCUT2D eigenvalue weighted by molar-refractivity contribution is 6.35. The minimum absolute atomic E-state index is 0.167. The van der Waals surface area contributed by atoms with Gasteiger partial charge in [0.25, 0.3) is 0 Å². The first-order valence-corrected chi connectivity index (χ1v) is 6.81. The van der Waals surface area contributed by atoms with Crippen molar-refractivity contribution in [3.05, 3.63) is 69.5 Å². The molecule has 2 aromatic carbocycles. The Labute approximate surface area is 122 Å². The number of hydrogen-bond donors (Lipinski definition) is 1. The molecule has 0 aromatic heterocycles. The third-order valence-electron chi connectivity index (χ3n) is 2.89. The van der Waals surface area contributed by atoms with Gasteiger partial charge in [0.15, 0.2) is 0 Å². The van der Waals surface area contributed by atoms with Crippen molar-refractivity contribution in [2.75, 3.05) is 6.54 Å². The molecule has 1 N–H and O–H groups in total. The molecule has 0 bridgehead atoms. The summed E-state index contributed by atoms with van der Waals surface area (Å²) < 4.78 is 13.4. The molecule has 0 spiro atoms.